The molecule has 5 nitrogen and oxygen atoms in total. The maximum atomic E-state index is 11.5. The van der Waals surface area contributed by atoms with Crippen LogP contribution in [0.1, 0.15) is 13.8 Å². The van der Waals surface area contributed by atoms with Crippen molar-refractivity contribution in [2.75, 3.05) is 19.8 Å². The van der Waals surface area contributed by atoms with Gasteiger partial charge in [-0.05, 0) is 13.8 Å². The molecule has 1 aliphatic rings. The van der Waals surface area contributed by atoms with Crippen LogP contribution in [0.15, 0.2) is 17.6 Å². The number of carbonyl (C=O) groups excluding carboxylic acids is 1. The van der Waals surface area contributed by atoms with Crippen LogP contribution in [0, 0.1) is 0 Å². The van der Waals surface area contributed by atoms with E-state index in [9.17, 15) is 4.79 Å². The summed E-state index contributed by atoms with van der Waals surface area (Å²) in [5.74, 6) is 0.308. The first kappa shape index (κ1) is 11.7. The molecule has 0 aliphatic carbocycles. The molecular formula is C10H17N3O2. The van der Waals surface area contributed by atoms with Crippen molar-refractivity contribution in [3.05, 3.63) is 12.7 Å². The van der Waals surface area contributed by atoms with Crippen LogP contribution in [0.5, 0.6) is 0 Å². The van der Waals surface area contributed by atoms with Crippen LogP contribution in [0.25, 0.3) is 0 Å². The molecule has 1 heterocycles. The monoisotopic (exact) mass is 211 g/mol. The van der Waals surface area contributed by atoms with Crippen LogP contribution in [0.2, 0.25) is 0 Å². The zero-order valence-electron chi connectivity index (χ0n) is 9.19. The van der Waals surface area contributed by atoms with E-state index < -0.39 is 5.54 Å². The number of aliphatic imine (C=N–C) groups is 1. The molecule has 1 rings (SSSR count). The predicted molar refractivity (Wildman–Crippen MR) is 58.8 cm³/mol. The van der Waals surface area contributed by atoms with Gasteiger partial charge in [0, 0.05) is 13.2 Å². The second-order valence-corrected chi connectivity index (χ2v) is 3.59. The Morgan fingerprint density at radius 3 is 2.93 bits per heavy atom. The molecule has 0 aromatic carbocycles. The zero-order chi connectivity index (χ0) is 11.5. The summed E-state index contributed by atoms with van der Waals surface area (Å²) in [4.78, 5) is 16.8. The molecule has 0 aromatic rings. The van der Waals surface area contributed by atoms with Crippen LogP contribution >= 0.6 is 0 Å². The van der Waals surface area contributed by atoms with Gasteiger partial charge in [-0.1, -0.05) is 6.08 Å². The number of hydrogen-bond acceptors (Lipinski definition) is 3. The maximum Gasteiger partial charge on any atom is 0.346 e. The van der Waals surface area contributed by atoms with Gasteiger partial charge in [0.2, 0.25) is 0 Å². The van der Waals surface area contributed by atoms with Gasteiger partial charge in [0.25, 0.3) is 0 Å². The molecule has 15 heavy (non-hydrogen) atoms. The molecule has 5 heteroatoms. The lowest BCUT2D eigenvalue weighted by molar-refractivity contribution is 0.0718. The van der Waals surface area contributed by atoms with Crippen LogP contribution in [-0.2, 0) is 4.74 Å². The highest BCUT2D eigenvalue weighted by molar-refractivity contribution is 6.05. The van der Waals surface area contributed by atoms with Crippen LogP contribution in [0.4, 0.5) is 4.79 Å². The average Bonchev–Trinajstić information content (AvgIpc) is 2.40. The van der Waals surface area contributed by atoms with Crippen LogP contribution < -0.4 is 5.73 Å². The zero-order valence-corrected chi connectivity index (χ0v) is 9.19. The van der Waals surface area contributed by atoms with E-state index in [1.807, 2.05) is 13.8 Å². The van der Waals surface area contributed by atoms with E-state index in [1.54, 1.807) is 11.0 Å². The SMILES string of the molecule is C=CCN1C(=O)N=C(N)C1(C)COCC. The predicted octanol–water partition coefficient (Wildman–Crippen LogP) is 0.760. The highest BCUT2D eigenvalue weighted by Gasteiger charge is 2.44. The number of urea groups is 1. The molecule has 2 amide bonds. The molecule has 0 aromatic heterocycles. The molecule has 1 aliphatic heterocycles. The van der Waals surface area contributed by atoms with Crippen molar-refractivity contribution < 1.29 is 9.53 Å². The molecule has 0 bridgehead atoms. The summed E-state index contributed by atoms with van der Waals surface area (Å²) < 4.78 is 5.33. The Hall–Kier alpha value is -1.36. The Kier molecular flexibility index (Phi) is 3.47. The third kappa shape index (κ3) is 2.02. The summed E-state index contributed by atoms with van der Waals surface area (Å²) in [5, 5.41) is 0. The van der Waals surface area contributed by atoms with Gasteiger partial charge in [0.1, 0.15) is 11.4 Å². The van der Waals surface area contributed by atoms with Crippen molar-refractivity contribution in [1.29, 1.82) is 0 Å². The van der Waals surface area contributed by atoms with Crippen molar-refractivity contribution in [2.24, 2.45) is 10.7 Å². The normalized spacial score (nSPS) is 25.6. The van der Waals surface area contributed by atoms with Gasteiger partial charge < -0.3 is 15.4 Å². The van der Waals surface area contributed by atoms with Gasteiger partial charge in [0.05, 0.1) is 6.61 Å². The van der Waals surface area contributed by atoms with E-state index in [-0.39, 0.29) is 6.03 Å². The van der Waals surface area contributed by atoms with Gasteiger partial charge in [-0.3, -0.25) is 0 Å². The van der Waals surface area contributed by atoms with Crippen LogP contribution in [0.3, 0.4) is 0 Å². The Balaban J connectivity index is 2.85. The number of amides is 2. The summed E-state index contributed by atoms with van der Waals surface area (Å²) in [6.45, 7) is 8.71. The Morgan fingerprint density at radius 1 is 1.73 bits per heavy atom. The number of nitrogens with two attached hydrogens (primary N) is 1. The second kappa shape index (κ2) is 4.44. The van der Waals surface area contributed by atoms with E-state index in [2.05, 4.69) is 11.6 Å². The topological polar surface area (TPSA) is 67.9 Å². The molecule has 2 N–H and O–H groups in total. The summed E-state index contributed by atoms with van der Waals surface area (Å²) in [5.41, 5.74) is 5.10. The minimum Gasteiger partial charge on any atom is -0.385 e. The third-order valence-electron chi connectivity index (χ3n) is 2.49. The summed E-state index contributed by atoms with van der Waals surface area (Å²) >= 11 is 0. The number of ether oxygens (including phenoxy) is 1. The van der Waals surface area contributed by atoms with E-state index >= 15 is 0 Å². The number of hydrogen-bond donors (Lipinski definition) is 1. The van der Waals surface area contributed by atoms with E-state index in [4.69, 9.17) is 10.5 Å². The van der Waals surface area contributed by atoms with Gasteiger partial charge in [0.15, 0.2) is 0 Å². The average molecular weight is 211 g/mol. The number of amidine groups is 1. The summed E-state index contributed by atoms with van der Waals surface area (Å²) in [7, 11) is 0. The van der Waals surface area contributed by atoms with Gasteiger partial charge >= 0.3 is 6.03 Å². The lowest BCUT2D eigenvalue weighted by Crippen LogP contribution is -2.55. The molecule has 1 unspecified atom stereocenters. The third-order valence-corrected chi connectivity index (χ3v) is 2.49. The van der Waals surface area contributed by atoms with Gasteiger partial charge in [-0.2, -0.15) is 4.99 Å². The first-order valence-electron chi connectivity index (χ1n) is 4.91. The van der Waals surface area contributed by atoms with Gasteiger partial charge in [-0.15, -0.1) is 6.58 Å². The quantitative estimate of drug-likeness (QED) is 0.683. The number of nitrogens with zero attached hydrogens (tertiary/aromatic N) is 2. The fourth-order valence-electron chi connectivity index (χ4n) is 1.49. The van der Waals surface area contributed by atoms with E-state index in [1.165, 1.54) is 0 Å². The molecule has 1 atom stereocenters. The maximum absolute atomic E-state index is 11.5. The first-order chi connectivity index (χ1) is 7.06. The largest absolute Gasteiger partial charge is 0.385 e. The lowest BCUT2D eigenvalue weighted by atomic mass is 10.0. The fourth-order valence-corrected chi connectivity index (χ4v) is 1.49. The van der Waals surface area contributed by atoms with E-state index in [0.29, 0.717) is 25.6 Å². The van der Waals surface area contributed by atoms with Crippen molar-refractivity contribution in [1.82, 2.24) is 4.90 Å². The summed E-state index contributed by atoms with van der Waals surface area (Å²) in [6.07, 6.45) is 1.65. The molecular weight excluding hydrogens is 194 g/mol. The highest BCUT2D eigenvalue weighted by Crippen LogP contribution is 2.23. The molecule has 0 saturated heterocycles. The van der Waals surface area contributed by atoms with Crippen LogP contribution in [-0.4, -0.2) is 42.1 Å². The number of rotatable bonds is 5. The standard InChI is InChI=1S/C10H17N3O2/c1-4-6-13-9(14)12-8(11)10(13,3)7-15-5-2/h4H,1,5-7H2,2-3H3,(H2,11,12,14). The lowest BCUT2D eigenvalue weighted by Gasteiger charge is -2.33. The highest BCUT2D eigenvalue weighted by atomic mass is 16.5. The van der Waals surface area contributed by atoms with Crippen molar-refractivity contribution in [2.45, 2.75) is 19.4 Å². The Labute approximate surface area is 89.6 Å². The van der Waals surface area contributed by atoms with Crippen molar-refractivity contribution >= 4 is 11.9 Å². The molecule has 0 saturated carbocycles. The Bertz CT molecular complexity index is 301. The van der Waals surface area contributed by atoms with E-state index in [0.717, 1.165) is 0 Å². The molecule has 84 valence electrons. The molecule has 0 fully saturated rings. The first-order valence-corrected chi connectivity index (χ1v) is 4.91. The minimum atomic E-state index is -0.638. The number of carbonyl (C=O) groups is 1. The Morgan fingerprint density at radius 2 is 2.40 bits per heavy atom. The summed E-state index contributed by atoms with van der Waals surface area (Å²) in [6, 6.07) is -0.324. The smallest absolute Gasteiger partial charge is 0.346 e. The van der Waals surface area contributed by atoms with Crippen molar-refractivity contribution in [3.63, 3.8) is 0 Å². The molecule has 0 radical (unpaired) electrons. The van der Waals surface area contributed by atoms with Crippen molar-refractivity contribution in [3.8, 4) is 0 Å². The van der Waals surface area contributed by atoms with Gasteiger partial charge in [-0.25, -0.2) is 4.79 Å². The fraction of sp³-hybridized carbons (Fsp3) is 0.600. The molecule has 0 spiro atoms. The minimum absolute atomic E-state index is 0.308. The second-order valence-electron chi connectivity index (χ2n) is 3.59.